The molecule has 168 valence electrons. The van der Waals surface area contributed by atoms with Gasteiger partial charge in [0.2, 0.25) is 5.91 Å². The topological polar surface area (TPSA) is 41.2 Å². The molecule has 1 saturated heterocycles. The van der Waals surface area contributed by atoms with Gasteiger partial charge in [-0.1, -0.05) is 54.6 Å². The average Bonchev–Trinajstić information content (AvgIpc) is 2.81. The van der Waals surface area contributed by atoms with Gasteiger partial charge in [-0.25, -0.2) is 0 Å². The number of anilines is 1. The second-order valence-electron chi connectivity index (χ2n) is 9.27. The van der Waals surface area contributed by atoms with Crippen LogP contribution in [0.5, 0.6) is 0 Å². The van der Waals surface area contributed by atoms with Gasteiger partial charge < -0.3 is 20.0 Å². The number of carbonyl (C=O) groups excluding carboxylic acids is 1. The van der Waals surface area contributed by atoms with Crippen molar-refractivity contribution in [2.45, 2.75) is 12.5 Å². The van der Waals surface area contributed by atoms with Gasteiger partial charge in [0.25, 0.3) is 0 Å². The minimum atomic E-state index is 0.0930. The van der Waals surface area contributed by atoms with Gasteiger partial charge >= 0.3 is 0 Å². The highest BCUT2D eigenvalue weighted by molar-refractivity contribution is 5.90. The largest absolute Gasteiger partial charge is 0.378 e. The predicted molar refractivity (Wildman–Crippen MR) is 131 cm³/mol. The van der Waals surface area contributed by atoms with E-state index in [1.54, 1.807) is 9.80 Å². The minimum absolute atomic E-state index is 0.0930. The zero-order valence-corrected chi connectivity index (χ0v) is 19.5. The summed E-state index contributed by atoms with van der Waals surface area (Å²) in [7, 11) is 6.40. The number of nitrogens with one attached hydrogen (secondary N) is 3. The van der Waals surface area contributed by atoms with E-state index in [9.17, 15) is 4.79 Å². The molecule has 1 aliphatic rings. The number of benzene rings is 3. The Morgan fingerprint density at radius 1 is 0.938 bits per heavy atom. The van der Waals surface area contributed by atoms with Crippen LogP contribution in [-0.4, -0.2) is 59.8 Å². The fourth-order valence-corrected chi connectivity index (χ4v) is 4.75. The third-order valence-electron chi connectivity index (χ3n) is 6.78. The Bertz CT molecular complexity index is 1030. The fraction of sp³-hybridized carbons (Fsp3) is 0.370. The predicted octanol–water partition coefficient (Wildman–Crippen LogP) is 0.719. The highest BCUT2D eigenvalue weighted by atomic mass is 16.1. The van der Waals surface area contributed by atoms with Crippen molar-refractivity contribution < 1.29 is 14.6 Å². The van der Waals surface area contributed by atoms with Gasteiger partial charge in [0.15, 0.2) is 0 Å². The summed E-state index contributed by atoms with van der Waals surface area (Å²) < 4.78 is 0. The molecule has 32 heavy (non-hydrogen) atoms. The first kappa shape index (κ1) is 22.3. The highest BCUT2D eigenvalue weighted by Gasteiger charge is 2.29. The van der Waals surface area contributed by atoms with Gasteiger partial charge in [-0.15, -0.1) is 0 Å². The summed E-state index contributed by atoms with van der Waals surface area (Å²) in [6, 6.07) is 23.6. The van der Waals surface area contributed by atoms with Gasteiger partial charge in [0.1, 0.15) is 32.2 Å². The van der Waals surface area contributed by atoms with Crippen molar-refractivity contribution in [3.8, 4) is 0 Å². The quantitative estimate of drug-likeness (QED) is 0.515. The van der Waals surface area contributed by atoms with Crippen molar-refractivity contribution in [3.05, 3.63) is 77.9 Å². The zero-order valence-electron chi connectivity index (χ0n) is 19.5. The van der Waals surface area contributed by atoms with Gasteiger partial charge in [-0.2, -0.15) is 0 Å². The molecule has 3 aromatic rings. The fourth-order valence-electron chi connectivity index (χ4n) is 4.75. The van der Waals surface area contributed by atoms with E-state index < -0.39 is 0 Å². The molecule has 4 rings (SSSR count). The van der Waals surface area contributed by atoms with E-state index in [0.29, 0.717) is 13.0 Å². The number of hydrogen-bond donors (Lipinski definition) is 3. The van der Waals surface area contributed by atoms with Crippen LogP contribution in [0, 0.1) is 0 Å². The minimum Gasteiger partial charge on any atom is -0.378 e. The Balaban J connectivity index is 1.47. The molecule has 1 heterocycles. The smallest absolute Gasteiger partial charge is 0.224 e. The first-order chi connectivity index (χ1) is 15.5. The SMILES string of the molecule is CN(C)c1ccc([C@H](CNC(=O)Cc2cccc3ccccc23)[NH+]2CC[NH+](C)CC2)cc1. The average molecular weight is 433 g/mol. The number of rotatable bonds is 7. The molecule has 0 saturated carbocycles. The maximum atomic E-state index is 12.9. The molecule has 5 heteroatoms. The van der Waals surface area contributed by atoms with Crippen molar-refractivity contribution in [1.29, 1.82) is 0 Å². The lowest BCUT2D eigenvalue weighted by Gasteiger charge is -2.33. The molecule has 3 aromatic carbocycles. The van der Waals surface area contributed by atoms with Crippen LogP contribution in [0.2, 0.25) is 0 Å². The van der Waals surface area contributed by atoms with Crippen LogP contribution in [-0.2, 0) is 11.2 Å². The van der Waals surface area contributed by atoms with E-state index in [4.69, 9.17) is 0 Å². The number of fused-ring (bicyclic) bond motifs is 1. The van der Waals surface area contributed by atoms with Gasteiger partial charge in [-0.3, -0.25) is 4.79 Å². The third-order valence-corrected chi connectivity index (χ3v) is 6.78. The molecule has 0 spiro atoms. The van der Waals surface area contributed by atoms with Gasteiger partial charge in [0, 0.05) is 25.3 Å². The monoisotopic (exact) mass is 432 g/mol. The third kappa shape index (κ3) is 5.29. The second kappa shape index (κ2) is 10.2. The van der Waals surface area contributed by atoms with E-state index in [0.717, 1.165) is 24.0 Å². The summed E-state index contributed by atoms with van der Waals surface area (Å²) in [5.41, 5.74) is 3.59. The van der Waals surface area contributed by atoms with Crippen LogP contribution in [0.4, 0.5) is 5.69 Å². The molecule has 0 unspecified atom stereocenters. The number of hydrogen-bond acceptors (Lipinski definition) is 2. The molecule has 0 aromatic heterocycles. The molecule has 3 N–H and O–H groups in total. The molecule has 5 nitrogen and oxygen atoms in total. The molecule has 0 bridgehead atoms. The number of quaternary nitrogens is 2. The Kier molecular flexibility index (Phi) is 7.08. The maximum absolute atomic E-state index is 12.9. The summed E-state index contributed by atoms with van der Waals surface area (Å²) in [4.78, 5) is 18.2. The number of amides is 1. The van der Waals surface area contributed by atoms with Crippen molar-refractivity contribution in [2.24, 2.45) is 0 Å². The summed E-state index contributed by atoms with van der Waals surface area (Å²) in [6.45, 7) is 5.27. The standard InChI is InChI=1S/C27H34N4O/c1-29(2)24-13-11-22(12-14-24)26(31-17-15-30(3)16-18-31)20-28-27(32)19-23-9-6-8-21-7-4-5-10-25(21)23/h4-14,26H,15-20H2,1-3H3,(H,28,32)/p+2/t26-/m0/s1. The normalized spacial score (nSPS) is 19.5. The Labute approximate surface area is 191 Å². The van der Waals surface area contributed by atoms with E-state index in [-0.39, 0.29) is 11.9 Å². The number of carbonyl (C=O) groups is 1. The molecule has 1 aliphatic heterocycles. The molecule has 1 atom stereocenters. The summed E-state index contributed by atoms with van der Waals surface area (Å²) in [5, 5.41) is 5.61. The van der Waals surface area contributed by atoms with Crippen molar-refractivity contribution >= 4 is 22.4 Å². The van der Waals surface area contributed by atoms with E-state index in [1.165, 1.54) is 29.7 Å². The van der Waals surface area contributed by atoms with Crippen LogP contribution in [0.1, 0.15) is 17.2 Å². The van der Waals surface area contributed by atoms with E-state index in [1.807, 2.05) is 18.2 Å². The Morgan fingerprint density at radius 3 is 2.34 bits per heavy atom. The summed E-state index contributed by atoms with van der Waals surface area (Å²) >= 11 is 0. The summed E-state index contributed by atoms with van der Waals surface area (Å²) in [6.07, 6.45) is 0.413. The molecule has 0 aliphatic carbocycles. The lowest BCUT2D eigenvalue weighted by Crippen LogP contribution is -3.27. The molecule has 1 amide bonds. The van der Waals surface area contributed by atoms with Crippen LogP contribution >= 0.6 is 0 Å². The van der Waals surface area contributed by atoms with Crippen molar-refractivity contribution in [2.75, 3.05) is 58.8 Å². The Hall–Kier alpha value is -2.89. The second-order valence-corrected chi connectivity index (χ2v) is 9.27. The van der Waals surface area contributed by atoms with Crippen LogP contribution in [0.25, 0.3) is 10.8 Å². The molecular weight excluding hydrogens is 396 g/mol. The van der Waals surface area contributed by atoms with Crippen molar-refractivity contribution in [3.63, 3.8) is 0 Å². The molecule has 0 radical (unpaired) electrons. The van der Waals surface area contributed by atoms with Crippen molar-refractivity contribution in [1.82, 2.24) is 5.32 Å². The van der Waals surface area contributed by atoms with Gasteiger partial charge in [0.05, 0.1) is 20.0 Å². The van der Waals surface area contributed by atoms with Crippen LogP contribution in [0.3, 0.4) is 0 Å². The number of piperazine rings is 1. The highest BCUT2D eigenvalue weighted by Crippen LogP contribution is 2.19. The summed E-state index contributed by atoms with van der Waals surface area (Å²) in [5.74, 6) is 0.0930. The first-order valence-corrected chi connectivity index (χ1v) is 11.7. The Morgan fingerprint density at radius 2 is 1.62 bits per heavy atom. The van der Waals surface area contributed by atoms with Gasteiger partial charge in [-0.05, 0) is 28.5 Å². The molecular formula is C27H36N4O+2. The molecule has 1 fully saturated rings. The van der Waals surface area contributed by atoms with Crippen LogP contribution in [0.15, 0.2) is 66.7 Å². The number of likely N-dealkylation sites (N-methyl/N-ethyl adjacent to an activating group) is 1. The maximum Gasteiger partial charge on any atom is 0.224 e. The number of nitrogens with zero attached hydrogens (tertiary/aromatic N) is 1. The first-order valence-electron chi connectivity index (χ1n) is 11.7. The van der Waals surface area contributed by atoms with Crippen LogP contribution < -0.4 is 20.0 Å². The lowest BCUT2D eigenvalue weighted by atomic mass is 10.0. The lowest BCUT2D eigenvalue weighted by molar-refractivity contribution is -1.02. The van der Waals surface area contributed by atoms with E-state index >= 15 is 0 Å². The van der Waals surface area contributed by atoms with E-state index in [2.05, 4.69) is 79.9 Å². The zero-order chi connectivity index (χ0) is 22.5.